The second kappa shape index (κ2) is 4.58. The number of ketones is 1. The first-order valence-electron chi connectivity index (χ1n) is 5.91. The third-order valence-electron chi connectivity index (χ3n) is 3.07. The number of rotatable bonds is 3. The first-order chi connectivity index (χ1) is 8.13. The van der Waals surface area contributed by atoms with Gasteiger partial charge in [-0.3, -0.25) is 4.79 Å². The van der Waals surface area contributed by atoms with Crippen LogP contribution in [0.3, 0.4) is 0 Å². The zero-order valence-electron chi connectivity index (χ0n) is 10.5. The van der Waals surface area contributed by atoms with Crippen molar-refractivity contribution in [2.45, 2.75) is 27.2 Å². The van der Waals surface area contributed by atoms with Crippen molar-refractivity contribution in [3.8, 4) is 11.1 Å². The minimum Gasteiger partial charge on any atom is -0.358 e. The minimum absolute atomic E-state index is 0.155. The molecule has 0 saturated heterocycles. The van der Waals surface area contributed by atoms with Crippen LogP contribution in [-0.2, 0) is 0 Å². The molecule has 1 heterocycles. The summed E-state index contributed by atoms with van der Waals surface area (Å²) in [5.74, 6) is 0.155. The van der Waals surface area contributed by atoms with Crippen LogP contribution in [-0.4, -0.2) is 10.8 Å². The Kier molecular flexibility index (Phi) is 3.14. The average Bonchev–Trinajstić information content (AvgIpc) is 2.77. The molecule has 2 aromatic rings. The van der Waals surface area contributed by atoms with Gasteiger partial charge in [-0.25, -0.2) is 0 Å². The zero-order chi connectivity index (χ0) is 12.4. The van der Waals surface area contributed by atoms with Gasteiger partial charge in [0.2, 0.25) is 0 Å². The van der Waals surface area contributed by atoms with Crippen LogP contribution < -0.4 is 0 Å². The van der Waals surface area contributed by atoms with Crippen LogP contribution in [0.4, 0.5) is 0 Å². The van der Waals surface area contributed by atoms with Gasteiger partial charge in [-0.2, -0.15) is 0 Å². The van der Waals surface area contributed by atoms with Crippen LogP contribution in [0, 0.1) is 13.8 Å². The van der Waals surface area contributed by atoms with Crippen molar-refractivity contribution < 1.29 is 4.79 Å². The molecule has 17 heavy (non-hydrogen) atoms. The number of hydrogen-bond acceptors (Lipinski definition) is 1. The number of carbonyl (C=O) groups excluding carboxylic acids is 1. The van der Waals surface area contributed by atoms with E-state index in [-0.39, 0.29) is 5.78 Å². The van der Waals surface area contributed by atoms with Crippen molar-refractivity contribution in [2.75, 3.05) is 0 Å². The molecule has 0 aliphatic carbocycles. The molecule has 0 bridgehead atoms. The molecule has 2 rings (SSSR count). The van der Waals surface area contributed by atoms with E-state index in [1.54, 1.807) is 0 Å². The Labute approximate surface area is 102 Å². The normalized spacial score (nSPS) is 10.5. The highest BCUT2D eigenvalue weighted by molar-refractivity contribution is 5.95. The summed E-state index contributed by atoms with van der Waals surface area (Å²) in [6, 6.07) is 8.19. The second-order valence-corrected chi connectivity index (χ2v) is 4.35. The van der Waals surface area contributed by atoms with Crippen molar-refractivity contribution in [1.82, 2.24) is 4.98 Å². The number of hydrogen-bond donors (Lipinski definition) is 1. The molecular formula is C15H17NO. The lowest BCUT2D eigenvalue weighted by Crippen LogP contribution is -1.95. The molecule has 0 atom stereocenters. The molecule has 1 aromatic heterocycles. The summed E-state index contributed by atoms with van der Waals surface area (Å²) in [4.78, 5) is 14.7. The van der Waals surface area contributed by atoms with Crippen LogP contribution in [0.25, 0.3) is 11.1 Å². The molecule has 0 spiro atoms. The molecule has 0 radical (unpaired) electrons. The molecule has 0 aliphatic rings. The molecule has 0 amide bonds. The summed E-state index contributed by atoms with van der Waals surface area (Å²) >= 11 is 0. The largest absolute Gasteiger partial charge is 0.358 e. The first kappa shape index (κ1) is 11.6. The van der Waals surface area contributed by atoms with Crippen molar-refractivity contribution in [2.24, 2.45) is 0 Å². The number of aryl methyl sites for hydroxylation is 2. The number of benzene rings is 1. The van der Waals surface area contributed by atoms with Crippen molar-refractivity contribution in [3.63, 3.8) is 0 Å². The standard InChI is InChI=1S/C15H17NO/c1-4-14(17)13-8-12(9-16-13)15-10(2)6-5-7-11(15)3/h5-9,16H,4H2,1-3H3. The quantitative estimate of drug-likeness (QED) is 0.793. The lowest BCUT2D eigenvalue weighted by atomic mass is 9.97. The lowest BCUT2D eigenvalue weighted by Gasteiger charge is -2.06. The van der Waals surface area contributed by atoms with Gasteiger partial charge < -0.3 is 4.98 Å². The molecule has 0 fully saturated rings. The number of nitrogens with one attached hydrogen (secondary N) is 1. The number of H-pyrrole nitrogens is 1. The maximum absolute atomic E-state index is 11.6. The summed E-state index contributed by atoms with van der Waals surface area (Å²) in [5.41, 5.74) is 5.49. The lowest BCUT2D eigenvalue weighted by molar-refractivity contribution is 0.0984. The highest BCUT2D eigenvalue weighted by atomic mass is 16.1. The van der Waals surface area contributed by atoms with E-state index in [0.717, 1.165) is 5.56 Å². The predicted molar refractivity (Wildman–Crippen MR) is 70.3 cm³/mol. The highest BCUT2D eigenvalue weighted by Crippen LogP contribution is 2.27. The van der Waals surface area contributed by atoms with E-state index in [2.05, 4.69) is 37.0 Å². The van der Waals surface area contributed by atoms with Gasteiger partial charge in [0, 0.05) is 18.2 Å². The Bertz CT molecular complexity index is 532. The molecule has 1 N–H and O–H groups in total. The van der Waals surface area contributed by atoms with Crippen molar-refractivity contribution in [1.29, 1.82) is 0 Å². The molecule has 2 nitrogen and oxygen atoms in total. The minimum atomic E-state index is 0.155. The maximum atomic E-state index is 11.6. The Hall–Kier alpha value is -1.83. The molecule has 0 saturated carbocycles. The summed E-state index contributed by atoms with van der Waals surface area (Å²) in [7, 11) is 0. The second-order valence-electron chi connectivity index (χ2n) is 4.35. The fourth-order valence-corrected chi connectivity index (χ4v) is 2.16. The molecule has 0 aliphatic heterocycles. The van der Waals surface area contributed by atoms with E-state index in [1.807, 2.05) is 19.2 Å². The average molecular weight is 227 g/mol. The number of carbonyl (C=O) groups is 1. The molecule has 0 unspecified atom stereocenters. The van der Waals surface area contributed by atoms with Crippen LogP contribution in [0.15, 0.2) is 30.5 Å². The topological polar surface area (TPSA) is 32.9 Å². The zero-order valence-corrected chi connectivity index (χ0v) is 10.5. The van der Waals surface area contributed by atoms with Gasteiger partial charge in [-0.15, -0.1) is 0 Å². The van der Waals surface area contributed by atoms with E-state index < -0.39 is 0 Å². The number of Topliss-reactive ketones (excluding diaryl/α,β-unsaturated/α-hetero) is 1. The summed E-state index contributed by atoms with van der Waals surface area (Å²) in [5, 5.41) is 0. The molecule has 88 valence electrons. The van der Waals surface area contributed by atoms with Crippen LogP contribution in [0.5, 0.6) is 0 Å². The van der Waals surface area contributed by atoms with E-state index in [4.69, 9.17) is 0 Å². The van der Waals surface area contributed by atoms with Crippen molar-refractivity contribution >= 4 is 5.78 Å². The Morgan fingerprint density at radius 3 is 2.47 bits per heavy atom. The Morgan fingerprint density at radius 1 is 1.24 bits per heavy atom. The summed E-state index contributed by atoms with van der Waals surface area (Å²) in [6.45, 7) is 6.06. The highest BCUT2D eigenvalue weighted by Gasteiger charge is 2.10. The van der Waals surface area contributed by atoms with Gasteiger partial charge in [-0.05, 0) is 36.6 Å². The van der Waals surface area contributed by atoms with Crippen molar-refractivity contribution in [3.05, 3.63) is 47.3 Å². The number of aromatic nitrogens is 1. The van der Waals surface area contributed by atoms with Gasteiger partial charge in [0.1, 0.15) is 0 Å². The van der Waals surface area contributed by atoms with E-state index in [0.29, 0.717) is 12.1 Å². The SMILES string of the molecule is CCC(=O)c1cc(-c2c(C)cccc2C)c[nH]1. The summed E-state index contributed by atoms with van der Waals surface area (Å²) < 4.78 is 0. The van der Waals surface area contributed by atoms with E-state index >= 15 is 0 Å². The third kappa shape index (κ3) is 2.16. The summed E-state index contributed by atoms with van der Waals surface area (Å²) in [6.07, 6.45) is 2.45. The Morgan fingerprint density at radius 2 is 1.88 bits per heavy atom. The van der Waals surface area contributed by atoms with Gasteiger partial charge in [0.15, 0.2) is 5.78 Å². The Balaban J connectivity index is 2.47. The van der Waals surface area contributed by atoms with Crippen LogP contribution in [0.2, 0.25) is 0 Å². The van der Waals surface area contributed by atoms with E-state index in [9.17, 15) is 4.79 Å². The third-order valence-corrected chi connectivity index (χ3v) is 3.07. The van der Waals surface area contributed by atoms with Gasteiger partial charge in [0.25, 0.3) is 0 Å². The molecule has 2 heteroatoms. The molecule has 1 aromatic carbocycles. The van der Waals surface area contributed by atoms with E-state index in [1.165, 1.54) is 16.7 Å². The first-order valence-corrected chi connectivity index (χ1v) is 5.91. The van der Waals surface area contributed by atoms with Gasteiger partial charge in [0.05, 0.1) is 5.69 Å². The van der Waals surface area contributed by atoms with Crippen LogP contribution >= 0.6 is 0 Å². The fraction of sp³-hybridized carbons (Fsp3) is 0.267. The fourth-order valence-electron chi connectivity index (χ4n) is 2.16. The smallest absolute Gasteiger partial charge is 0.178 e. The van der Waals surface area contributed by atoms with Crippen LogP contribution in [0.1, 0.15) is 35.0 Å². The predicted octanol–water partition coefficient (Wildman–Crippen LogP) is 3.89. The molecular weight excluding hydrogens is 210 g/mol. The van der Waals surface area contributed by atoms with Gasteiger partial charge >= 0.3 is 0 Å². The maximum Gasteiger partial charge on any atom is 0.178 e. The van der Waals surface area contributed by atoms with Gasteiger partial charge in [-0.1, -0.05) is 25.1 Å². The number of aromatic amines is 1. The monoisotopic (exact) mass is 227 g/mol.